The maximum atomic E-state index is 13.3. The number of benzene rings is 1. The van der Waals surface area contributed by atoms with Gasteiger partial charge in [0.1, 0.15) is 0 Å². The minimum atomic E-state index is -0.928. The summed E-state index contributed by atoms with van der Waals surface area (Å²) in [5, 5.41) is 0. The second-order valence-corrected chi connectivity index (χ2v) is 6.73. The second kappa shape index (κ2) is 7.76. The summed E-state index contributed by atoms with van der Waals surface area (Å²) in [6.07, 6.45) is 1.83. The van der Waals surface area contributed by atoms with Crippen LogP contribution < -0.4 is 4.90 Å². The molecule has 0 N–H and O–H groups in total. The summed E-state index contributed by atoms with van der Waals surface area (Å²) in [7, 11) is 0. The van der Waals surface area contributed by atoms with Gasteiger partial charge in [-0.15, -0.1) is 0 Å². The standard InChI is InChI=1S/C19H22F2N4O/c1-13(2)17-5-6-22-19(23-17)25-9-7-24(8-10-25)18(26)12-14-3-4-15(20)16(21)11-14/h3-6,11,13H,7-10,12H2,1-2H3. The van der Waals surface area contributed by atoms with Gasteiger partial charge in [-0.2, -0.15) is 0 Å². The number of nitrogens with zero attached hydrogens (tertiary/aromatic N) is 4. The van der Waals surface area contributed by atoms with Crippen LogP contribution in [0.2, 0.25) is 0 Å². The molecule has 0 atom stereocenters. The van der Waals surface area contributed by atoms with Crippen LogP contribution in [0, 0.1) is 11.6 Å². The van der Waals surface area contributed by atoms with Crippen LogP contribution in [0.25, 0.3) is 0 Å². The number of hydrogen-bond donors (Lipinski definition) is 0. The van der Waals surface area contributed by atoms with Crippen molar-refractivity contribution in [3.63, 3.8) is 0 Å². The van der Waals surface area contributed by atoms with Gasteiger partial charge >= 0.3 is 0 Å². The van der Waals surface area contributed by atoms with Crippen molar-refractivity contribution in [2.45, 2.75) is 26.2 Å². The highest BCUT2D eigenvalue weighted by molar-refractivity contribution is 5.79. The lowest BCUT2D eigenvalue weighted by Gasteiger charge is -2.35. The molecule has 0 spiro atoms. The van der Waals surface area contributed by atoms with Gasteiger partial charge < -0.3 is 9.80 Å². The van der Waals surface area contributed by atoms with Gasteiger partial charge in [-0.3, -0.25) is 4.79 Å². The van der Waals surface area contributed by atoms with E-state index in [1.165, 1.54) is 6.07 Å². The molecule has 3 rings (SSSR count). The first-order chi connectivity index (χ1) is 12.4. The molecular weight excluding hydrogens is 338 g/mol. The number of hydrogen-bond acceptors (Lipinski definition) is 4. The molecule has 2 aromatic rings. The highest BCUT2D eigenvalue weighted by Crippen LogP contribution is 2.17. The zero-order valence-corrected chi connectivity index (χ0v) is 15.0. The summed E-state index contributed by atoms with van der Waals surface area (Å²) in [6.45, 7) is 6.56. The normalized spacial score (nSPS) is 14.8. The summed E-state index contributed by atoms with van der Waals surface area (Å²) in [5.74, 6) is -0.909. The van der Waals surface area contributed by atoms with Crippen molar-refractivity contribution in [3.8, 4) is 0 Å². The predicted octanol–water partition coefficient (Wildman–Crippen LogP) is 2.77. The third-order valence-corrected chi connectivity index (χ3v) is 4.51. The zero-order chi connectivity index (χ0) is 18.7. The third kappa shape index (κ3) is 4.15. The number of halogens is 2. The largest absolute Gasteiger partial charge is 0.339 e. The van der Waals surface area contributed by atoms with Crippen LogP contribution in [0.15, 0.2) is 30.5 Å². The number of aromatic nitrogens is 2. The van der Waals surface area contributed by atoms with Gasteiger partial charge in [0.25, 0.3) is 0 Å². The molecule has 1 aromatic carbocycles. The van der Waals surface area contributed by atoms with Crippen molar-refractivity contribution < 1.29 is 13.6 Å². The van der Waals surface area contributed by atoms with Crippen molar-refractivity contribution in [3.05, 3.63) is 53.4 Å². The number of amides is 1. The van der Waals surface area contributed by atoms with E-state index in [0.29, 0.717) is 43.6 Å². The molecule has 1 aliphatic rings. The molecule has 5 nitrogen and oxygen atoms in total. The van der Waals surface area contributed by atoms with Crippen molar-refractivity contribution in [2.75, 3.05) is 31.1 Å². The highest BCUT2D eigenvalue weighted by Gasteiger charge is 2.23. The molecule has 1 amide bonds. The monoisotopic (exact) mass is 360 g/mol. The fourth-order valence-corrected chi connectivity index (χ4v) is 2.93. The summed E-state index contributed by atoms with van der Waals surface area (Å²) in [5.41, 5.74) is 1.47. The average molecular weight is 360 g/mol. The minimum Gasteiger partial charge on any atom is -0.339 e. The Morgan fingerprint density at radius 2 is 1.85 bits per heavy atom. The molecule has 1 aromatic heterocycles. The summed E-state index contributed by atoms with van der Waals surface area (Å²) >= 11 is 0. The first-order valence-corrected chi connectivity index (χ1v) is 8.73. The number of piperazine rings is 1. The van der Waals surface area contributed by atoms with E-state index in [4.69, 9.17) is 0 Å². The number of carbonyl (C=O) groups is 1. The van der Waals surface area contributed by atoms with E-state index in [2.05, 4.69) is 28.7 Å². The van der Waals surface area contributed by atoms with Crippen LogP contribution >= 0.6 is 0 Å². The molecule has 1 fully saturated rings. The maximum absolute atomic E-state index is 13.3. The molecule has 7 heteroatoms. The van der Waals surface area contributed by atoms with E-state index in [1.807, 2.05) is 6.07 Å². The van der Waals surface area contributed by atoms with Crippen LogP contribution in [0.3, 0.4) is 0 Å². The van der Waals surface area contributed by atoms with Crippen molar-refractivity contribution >= 4 is 11.9 Å². The fourth-order valence-electron chi connectivity index (χ4n) is 2.93. The van der Waals surface area contributed by atoms with Gasteiger partial charge in [0.15, 0.2) is 11.6 Å². The minimum absolute atomic E-state index is 0.0660. The summed E-state index contributed by atoms with van der Waals surface area (Å²) < 4.78 is 26.3. The first-order valence-electron chi connectivity index (χ1n) is 8.73. The Morgan fingerprint density at radius 1 is 1.12 bits per heavy atom. The smallest absolute Gasteiger partial charge is 0.227 e. The number of anilines is 1. The van der Waals surface area contributed by atoms with E-state index in [9.17, 15) is 13.6 Å². The van der Waals surface area contributed by atoms with E-state index >= 15 is 0 Å². The lowest BCUT2D eigenvalue weighted by molar-refractivity contribution is -0.130. The Balaban J connectivity index is 1.58. The topological polar surface area (TPSA) is 49.3 Å². The Kier molecular flexibility index (Phi) is 5.44. The van der Waals surface area contributed by atoms with Crippen LogP contribution in [-0.4, -0.2) is 47.0 Å². The fraction of sp³-hybridized carbons (Fsp3) is 0.421. The lowest BCUT2D eigenvalue weighted by Crippen LogP contribution is -2.49. The Bertz CT molecular complexity index is 789. The molecule has 2 heterocycles. The first kappa shape index (κ1) is 18.2. The lowest BCUT2D eigenvalue weighted by atomic mass is 10.1. The van der Waals surface area contributed by atoms with Crippen LogP contribution in [-0.2, 0) is 11.2 Å². The molecule has 1 saturated heterocycles. The number of carbonyl (C=O) groups excluding carboxylic acids is 1. The van der Waals surface area contributed by atoms with Gasteiger partial charge in [0.05, 0.1) is 6.42 Å². The van der Waals surface area contributed by atoms with E-state index in [0.717, 1.165) is 17.8 Å². The van der Waals surface area contributed by atoms with Gasteiger partial charge in [-0.1, -0.05) is 19.9 Å². The molecule has 1 aliphatic heterocycles. The third-order valence-electron chi connectivity index (χ3n) is 4.51. The molecule has 0 radical (unpaired) electrons. The maximum Gasteiger partial charge on any atom is 0.227 e. The zero-order valence-electron chi connectivity index (χ0n) is 15.0. The second-order valence-electron chi connectivity index (χ2n) is 6.73. The summed E-state index contributed by atoms with van der Waals surface area (Å²) in [6, 6.07) is 5.48. The van der Waals surface area contributed by atoms with Crippen LogP contribution in [0.4, 0.5) is 14.7 Å². The average Bonchev–Trinajstić information content (AvgIpc) is 2.65. The van der Waals surface area contributed by atoms with Crippen molar-refractivity contribution in [1.29, 1.82) is 0 Å². The Hall–Kier alpha value is -2.57. The quantitative estimate of drug-likeness (QED) is 0.841. The SMILES string of the molecule is CC(C)c1ccnc(N2CCN(C(=O)Cc3ccc(F)c(F)c3)CC2)n1. The Morgan fingerprint density at radius 3 is 2.50 bits per heavy atom. The molecule has 0 bridgehead atoms. The van der Waals surface area contributed by atoms with Gasteiger partial charge in [-0.05, 0) is 29.7 Å². The van der Waals surface area contributed by atoms with Crippen LogP contribution in [0.1, 0.15) is 31.0 Å². The summed E-state index contributed by atoms with van der Waals surface area (Å²) in [4.78, 5) is 25.1. The van der Waals surface area contributed by atoms with Crippen molar-refractivity contribution in [2.24, 2.45) is 0 Å². The van der Waals surface area contributed by atoms with Gasteiger partial charge in [-0.25, -0.2) is 18.7 Å². The molecule has 138 valence electrons. The van der Waals surface area contributed by atoms with Crippen molar-refractivity contribution in [1.82, 2.24) is 14.9 Å². The predicted molar refractivity (Wildman–Crippen MR) is 95.0 cm³/mol. The van der Waals surface area contributed by atoms with E-state index < -0.39 is 11.6 Å². The Labute approximate surface area is 151 Å². The molecular formula is C19H22F2N4O. The van der Waals surface area contributed by atoms with E-state index in [-0.39, 0.29) is 12.3 Å². The van der Waals surface area contributed by atoms with E-state index in [1.54, 1.807) is 11.1 Å². The highest BCUT2D eigenvalue weighted by atomic mass is 19.2. The van der Waals surface area contributed by atoms with Gasteiger partial charge in [0.2, 0.25) is 11.9 Å². The molecule has 0 aliphatic carbocycles. The van der Waals surface area contributed by atoms with Crippen LogP contribution in [0.5, 0.6) is 0 Å². The number of rotatable bonds is 4. The molecule has 26 heavy (non-hydrogen) atoms. The molecule has 0 unspecified atom stereocenters. The molecule has 0 saturated carbocycles. The van der Waals surface area contributed by atoms with Gasteiger partial charge in [0, 0.05) is 38.1 Å².